The lowest BCUT2D eigenvalue weighted by molar-refractivity contribution is 0.0185. The lowest BCUT2D eigenvalue weighted by atomic mass is 10.0. The molecule has 1 aromatic carbocycles. The topological polar surface area (TPSA) is 32.8 Å². The molecular weight excluding hydrogens is 264 g/mol. The van der Waals surface area contributed by atoms with Crippen molar-refractivity contribution in [2.45, 2.75) is 19.4 Å². The smallest absolute Gasteiger partial charge is 0.177 e. The third-order valence-corrected chi connectivity index (χ3v) is 4.62. The van der Waals surface area contributed by atoms with Crippen molar-refractivity contribution in [1.29, 1.82) is 0 Å². The molecule has 1 atom stereocenters. The molecule has 0 aromatic heterocycles. The molecule has 4 nitrogen and oxygen atoms in total. The Morgan fingerprint density at radius 2 is 2.00 bits per heavy atom. The Hall–Kier alpha value is -1.23. The van der Waals surface area contributed by atoms with Crippen molar-refractivity contribution < 1.29 is 9.53 Å². The first kappa shape index (κ1) is 14.7. The Morgan fingerprint density at radius 3 is 2.76 bits per heavy atom. The van der Waals surface area contributed by atoms with Gasteiger partial charge in [-0.25, -0.2) is 0 Å². The molecule has 0 N–H and O–H groups in total. The predicted molar refractivity (Wildman–Crippen MR) is 82.7 cm³/mol. The molecule has 0 aliphatic carbocycles. The maximum atomic E-state index is 12.4. The fourth-order valence-electron chi connectivity index (χ4n) is 3.37. The average molecular weight is 288 g/mol. The van der Waals surface area contributed by atoms with Crippen LogP contribution in [0.25, 0.3) is 0 Å². The molecule has 2 aliphatic rings. The zero-order valence-corrected chi connectivity index (χ0v) is 12.8. The van der Waals surface area contributed by atoms with Crippen molar-refractivity contribution in [2.24, 2.45) is 0 Å². The number of benzene rings is 1. The second kappa shape index (κ2) is 6.69. The van der Waals surface area contributed by atoms with Crippen LogP contribution in [0.2, 0.25) is 0 Å². The fraction of sp³-hybridized carbons (Fsp3) is 0.588. The van der Waals surface area contributed by atoms with E-state index in [0.717, 1.165) is 50.5 Å². The zero-order chi connectivity index (χ0) is 14.7. The second-order valence-electron chi connectivity index (χ2n) is 6.06. The van der Waals surface area contributed by atoms with Gasteiger partial charge in [-0.3, -0.25) is 14.6 Å². The summed E-state index contributed by atoms with van der Waals surface area (Å²) in [5.74, 6) is 0.246. The number of ketones is 1. The quantitative estimate of drug-likeness (QED) is 0.788. The van der Waals surface area contributed by atoms with Crippen molar-refractivity contribution in [2.75, 3.05) is 45.9 Å². The molecule has 3 rings (SSSR count). The monoisotopic (exact) mass is 288 g/mol. The Balaban J connectivity index is 1.55. The molecule has 2 aliphatic heterocycles. The van der Waals surface area contributed by atoms with Crippen LogP contribution in [0.4, 0.5) is 0 Å². The molecule has 21 heavy (non-hydrogen) atoms. The number of carbonyl (C=O) groups is 1. The van der Waals surface area contributed by atoms with Crippen LogP contribution in [0.1, 0.15) is 22.3 Å². The molecule has 0 bridgehead atoms. The standard InChI is InChI=1S/C17H24N2O2/c1-14-4-2-3-5-16(14)17(20)13-18-7-6-15(12-18)19-8-10-21-11-9-19/h2-5,15H,6-13H2,1H3. The van der Waals surface area contributed by atoms with Gasteiger partial charge in [-0.15, -0.1) is 0 Å². The highest BCUT2D eigenvalue weighted by atomic mass is 16.5. The summed E-state index contributed by atoms with van der Waals surface area (Å²) in [5, 5.41) is 0. The van der Waals surface area contributed by atoms with Crippen molar-refractivity contribution in [3.8, 4) is 0 Å². The number of likely N-dealkylation sites (tertiary alicyclic amines) is 1. The summed E-state index contributed by atoms with van der Waals surface area (Å²) in [6.07, 6.45) is 1.17. The van der Waals surface area contributed by atoms with Gasteiger partial charge in [0.1, 0.15) is 0 Å². The summed E-state index contributed by atoms with van der Waals surface area (Å²) in [5.41, 5.74) is 1.94. The molecule has 0 amide bonds. The number of ether oxygens (including phenoxy) is 1. The lowest BCUT2D eigenvalue weighted by Gasteiger charge is -2.32. The number of aryl methyl sites for hydroxylation is 1. The maximum Gasteiger partial charge on any atom is 0.177 e. The van der Waals surface area contributed by atoms with Gasteiger partial charge in [-0.05, 0) is 18.9 Å². The number of carbonyl (C=O) groups excluding carboxylic acids is 1. The van der Waals surface area contributed by atoms with Gasteiger partial charge in [0.25, 0.3) is 0 Å². The van der Waals surface area contributed by atoms with Crippen LogP contribution in [0.5, 0.6) is 0 Å². The molecule has 114 valence electrons. The van der Waals surface area contributed by atoms with Crippen LogP contribution < -0.4 is 0 Å². The van der Waals surface area contributed by atoms with Gasteiger partial charge in [0.15, 0.2) is 5.78 Å². The van der Waals surface area contributed by atoms with Gasteiger partial charge in [0, 0.05) is 37.8 Å². The van der Waals surface area contributed by atoms with E-state index in [-0.39, 0.29) is 5.78 Å². The highest BCUT2D eigenvalue weighted by Gasteiger charge is 2.29. The summed E-state index contributed by atoms with van der Waals surface area (Å²) >= 11 is 0. The Morgan fingerprint density at radius 1 is 1.24 bits per heavy atom. The first-order valence-corrected chi connectivity index (χ1v) is 7.87. The summed E-state index contributed by atoms with van der Waals surface area (Å²) < 4.78 is 5.41. The minimum Gasteiger partial charge on any atom is -0.379 e. The first-order chi connectivity index (χ1) is 10.2. The van der Waals surface area contributed by atoms with Crippen molar-refractivity contribution in [3.05, 3.63) is 35.4 Å². The van der Waals surface area contributed by atoms with Crippen LogP contribution in [-0.4, -0.2) is 67.6 Å². The van der Waals surface area contributed by atoms with Gasteiger partial charge < -0.3 is 4.74 Å². The number of nitrogens with zero attached hydrogens (tertiary/aromatic N) is 2. The number of Topliss-reactive ketones (excluding diaryl/α,β-unsaturated/α-hetero) is 1. The lowest BCUT2D eigenvalue weighted by Crippen LogP contribution is -2.45. The summed E-state index contributed by atoms with van der Waals surface area (Å²) in [4.78, 5) is 17.2. The van der Waals surface area contributed by atoms with Crippen LogP contribution in [0.15, 0.2) is 24.3 Å². The number of hydrogen-bond donors (Lipinski definition) is 0. The Labute approximate surface area is 126 Å². The van der Waals surface area contributed by atoms with E-state index < -0.39 is 0 Å². The van der Waals surface area contributed by atoms with E-state index in [0.29, 0.717) is 12.6 Å². The number of hydrogen-bond acceptors (Lipinski definition) is 4. The third kappa shape index (κ3) is 3.51. The third-order valence-electron chi connectivity index (χ3n) is 4.62. The minimum atomic E-state index is 0.246. The summed E-state index contributed by atoms with van der Waals surface area (Å²) in [6.45, 7) is 8.35. The SMILES string of the molecule is Cc1ccccc1C(=O)CN1CCC(N2CCOCC2)C1. The summed E-state index contributed by atoms with van der Waals surface area (Å²) in [6, 6.07) is 8.47. The molecule has 0 saturated carbocycles. The van der Waals surface area contributed by atoms with Crippen molar-refractivity contribution >= 4 is 5.78 Å². The molecule has 4 heteroatoms. The van der Waals surface area contributed by atoms with Crippen molar-refractivity contribution in [1.82, 2.24) is 9.80 Å². The van der Waals surface area contributed by atoms with Crippen molar-refractivity contribution in [3.63, 3.8) is 0 Å². The van der Waals surface area contributed by atoms with Crippen LogP contribution in [0, 0.1) is 6.92 Å². The largest absolute Gasteiger partial charge is 0.379 e. The molecule has 2 fully saturated rings. The predicted octanol–water partition coefficient (Wildman–Crippen LogP) is 1.58. The average Bonchev–Trinajstić information content (AvgIpc) is 2.97. The van der Waals surface area contributed by atoms with Gasteiger partial charge >= 0.3 is 0 Å². The Kier molecular flexibility index (Phi) is 4.68. The normalized spacial score (nSPS) is 24.3. The first-order valence-electron chi connectivity index (χ1n) is 7.87. The molecule has 0 spiro atoms. The number of morpholine rings is 1. The van der Waals surface area contributed by atoms with Gasteiger partial charge in [-0.2, -0.15) is 0 Å². The van der Waals surface area contributed by atoms with E-state index in [1.165, 1.54) is 6.42 Å². The summed E-state index contributed by atoms with van der Waals surface area (Å²) in [7, 11) is 0. The molecule has 2 saturated heterocycles. The maximum absolute atomic E-state index is 12.4. The molecule has 1 aromatic rings. The van der Waals surface area contributed by atoms with Crippen LogP contribution >= 0.6 is 0 Å². The highest BCUT2D eigenvalue weighted by molar-refractivity contribution is 5.98. The second-order valence-corrected chi connectivity index (χ2v) is 6.06. The van der Waals surface area contributed by atoms with E-state index in [1.54, 1.807) is 0 Å². The van der Waals surface area contributed by atoms with E-state index >= 15 is 0 Å². The molecule has 2 heterocycles. The van der Waals surface area contributed by atoms with Crippen LogP contribution in [0.3, 0.4) is 0 Å². The Bertz CT molecular complexity index is 497. The van der Waals surface area contributed by atoms with Gasteiger partial charge in [-0.1, -0.05) is 24.3 Å². The van der Waals surface area contributed by atoms with E-state index in [9.17, 15) is 4.79 Å². The van der Waals surface area contributed by atoms with Crippen LogP contribution in [-0.2, 0) is 4.74 Å². The molecular formula is C17H24N2O2. The van der Waals surface area contributed by atoms with E-state index in [2.05, 4.69) is 9.80 Å². The number of rotatable bonds is 4. The van der Waals surface area contributed by atoms with E-state index in [4.69, 9.17) is 4.74 Å². The van der Waals surface area contributed by atoms with Gasteiger partial charge in [0.2, 0.25) is 0 Å². The fourth-order valence-corrected chi connectivity index (χ4v) is 3.37. The molecule has 0 radical (unpaired) electrons. The van der Waals surface area contributed by atoms with E-state index in [1.807, 2.05) is 31.2 Å². The zero-order valence-electron chi connectivity index (χ0n) is 12.8. The highest BCUT2D eigenvalue weighted by Crippen LogP contribution is 2.18. The minimum absolute atomic E-state index is 0.246. The van der Waals surface area contributed by atoms with Gasteiger partial charge in [0.05, 0.1) is 19.8 Å². The molecule has 1 unspecified atom stereocenters.